The van der Waals surface area contributed by atoms with Crippen LogP contribution in [0.3, 0.4) is 0 Å². The van der Waals surface area contributed by atoms with Crippen molar-refractivity contribution in [2.45, 2.75) is 6.92 Å². The van der Waals surface area contributed by atoms with Crippen molar-refractivity contribution in [1.29, 1.82) is 0 Å². The third-order valence-corrected chi connectivity index (χ3v) is 4.77. The molecule has 1 aliphatic rings. The molecule has 1 atom stereocenters. The SMILES string of the molecule is CC1=C(N)S(=S(=O)=O)C(N)=C1. The maximum atomic E-state index is 10.5. The molecule has 0 aliphatic carbocycles. The summed E-state index contributed by atoms with van der Waals surface area (Å²) in [6, 6.07) is 0. The van der Waals surface area contributed by atoms with E-state index >= 15 is 0 Å². The van der Waals surface area contributed by atoms with Gasteiger partial charge in [-0.2, -0.15) is 8.42 Å². The molecule has 0 aromatic heterocycles. The van der Waals surface area contributed by atoms with Gasteiger partial charge >= 0.3 is 0 Å². The summed E-state index contributed by atoms with van der Waals surface area (Å²) in [6.07, 6.45) is 1.59. The molecule has 0 radical (unpaired) electrons. The minimum Gasteiger partial charge on any atom is -0.393 e. The first-order chi connectivity index (χ1) is 5.04. The molecule has 0 bridgehead atoms. The predicted octanol–water partition coefficient (Wildman–Crippen LogP) is -0.597. The van der Waals surface area contributed by atoms with Crippen LogP contribution < -0.4 is 11.5 Å². The van der Waals surface area contributed by atoms with E-state index in [0.29, 0.717) is 10.1 Å². The van der Waals surface area contributed by atoms with Crippen molar-refractivity contribution >= 4 is 18.7 Å². The zero-order valence-corrected chi connectivity index (χ0v) is 7.50. The van der Waals surface area contributed by atoms with E-state index in [1.54, 1.807) is 13.0 Å². The van der Waals surface area contributed by atoms with Gasteiger partial charge in [-0.1, -0.05) is 0 Å². The average molecular weight is 192 g/mol. The molecule has 6 heteroatoms. The van der Waals surface area contributed by atoms with Crippen LogP contribution in [0.4, 0.5) is 0 Å². The van der Waals surface area contributed by atoms with Crippen molar-refractivity contribution in [3.8, 4) is 0 Å². The van der Waals surface area contributed by atoms with Crippen molar-refractivity contribution in [1.82, 2.24) is 0 Å². The lowest BCUT2D eigenvalue weighted by atomic mass is 10.3. The highest BCUT2D eigenvalue weighted by Gasteiger charge is 2.15. The van der Waals surface area contributed by atoms with Crippen LogP contribution in [0.2, 0.25) is 0 Å². The van der Waals surface area contributed by atoms with Crippen LogP contribution in [-0.4, -0.2) is 8.42 Å². The maximum absolute atomic E-state index is 10.5. The second kappa shape index (κ2) is 2.71. The van der Waals surface area contributed by atoms with Crippen LogP contribution in [0.25, 0.3) is 0 Å². The molecule has 1 heterocycles. The summed E-state index contributed by atoms with van der Waals surface area (Å²) in [5.41, 5.74) is 11.6. The first kappa shape index (κ1) is 8.35. The Bertz CT molecular complexity index is 381. The molecule has 4 nitrogen and oxygen atoms in total. The molecule has 1 rings (SSSR count). The van der Waals surface area contributed by atoms with Gasteiger partial charge in [-0.05, 0) is 18.6 Å². The van der Waals surface area contributed by atoms with Crippen molar-refractivity contribution in [3.63, 3.8) is 0 Å². The van der Waals surface area contributed by atoms with Crippen molar-refractivity contribution in [2.75, 3.05) is 0 Å². The van der Waals surface area contributed by atoms with Crippen LogP contribution >= 0.6 is 0 Å². The highest BCUT2D eigenvalue weighted by molar-refractivity contribution is 8.37. The predicted molar refractivity (Wildman–Crippen MR) is 45.4 cm³/mol. The first-order valence-electron chi connectivity index (χ1n) is 2.81. The van der Waals surface area contributed by atoms with E-state index in [1.165, 1.54) is 0 Å². The van der Waals surface area contributed by atoms with Gasteiger partial charge in [0.1, 0.15) is 0 Å². The van der Waals surface area contributed by atoms with Gasteiger partial charge in [-0.15, -0.1) is 0 Å². The molecular formula is C5H8N2O2S2. The van der Waals surface area contributed by atoms with Crippen molar-refractivity contribution < 1.29 is 8.42 Å². The Morgan fingerprint density at radius 1 is 1.45 bits per heavy atom. The van der Waals surface area contributed by atoms with Crippen molar-refractivity contribution in [3.05, 3.63) is 21.7 Å². The number of hydrogen-bond acceptors (Lipinski definition) is 4. The summed E-state index contributed by atoms with van der Waals surface area (Å²) in [4.78, 5) is 0. The van der Waals surface area contributed by atoms with Gasteiger partial charge < -0.3 is 11.5 Å². The molecule has 0 saturated carbocycles. The Kier molecular flexibility index (Phi) is 2.05. The third kappa shape index (κ3) is 1.31. The molecule has 0 saturated heterocycles. The fourth-order valence-electron chi connectivity index (χ4n) is 0.763. The molecule has 0 aromatic rings. The quantitative estimate of drug-likeness (QED) is 0.536. The highest BCUT2D eigenvalue weighted by atomic mass is 32.9. The lowest BCUT2D eigenvalue weighted by Gasteiger charge is -1.95. The lowest BCUT2D eigenvalue weighted by molar-refractivity contribution is 0.628. The van der Waals surface area contributed by atoms with Gasteiger partial charge in [0, 0.05) is 9.45 Å². The van der Waals surface area contributed by atoms with E-state index in [-0.39, 0.29) is 0 Å². The van der Waals surface area contributed by atoms with Crippen LogP contribution in [0.5, 0.6) is 0 Å². The minimum absolute atomic E-state index is 0.327. The first-order valence-corrected chi connectivity index (χ1v) is 5.63. The average Bonchev–Trinajstić information content (AvgIpc) is 2.07. The van der Waals surface area contributed by atoms with Crippen LogP contribution in [0, 0.1) is 0 Å². The molecule has 0 aromatic carbocycles. The minimum atomic E-state index is -2.22. The Morgan fingerprint density at radius 2 is 2.00 bits per heavy atom. The zero-order valence-electron chi connectivity index (χ0n) is 5.87. The van der Waals surface area contributed by atoms with Crippen LogP contribution in [0.1, 0.15) is 6.92 Å². The van der Waals surface area contributed by atoms with E-state index in [4.69, 9.17) is 11.5 Å². The monoisotopic (exact) mass is 192 g/mol. The number of hydrogen-bond donors (Lipinski definition) is 2. The largest absolute Gasteiger partial charge is 0.393 e. The smallest absolute Gasteiger partial charge is 0.252 e. The highest BCUT2D eigenvalue weighted by Crippen LogP contribution is 2.19. The Hall–Kier alpha value is -0.750. The fraction of sp³-hybridized carbons (Fsp3) is 0.200. The zero-order chi connectivity index (χ0) is 8.59. The summed E-state index contributed by atoms with van der Waals surface area (Å²) in [5, 5.41) is 0.684. The Balaban J connectivity index is 3.46. The molecule has 4 N–H and O–H groups in total. The van der Waals surface area contributed by atoms with E-state index in [0.717, 1.165) is 5.57 Å². The van der Waals surface area contributed by atoms with Crippen molar-refractivity contribution in [2.24, 2.45) is 11.5 Å². The van der Waals surface area contributed by atoms with E-state index in [9.17, 15) is 8.42 Å². The summed E-state index contributed by atoms with van der Waals surface area (Å²) in [6.45, 7) is 1.74. The number of nitrogens with two attached hydrogens (primary N) is 2. The molecule has 0 amide bonds. The van der Waals surface area contributed by atoms with E-state index in [1.807, 2.05) is 0 Å². The normalized spacial score (nSPS) is 23.7. The number of rotatable bonds is 0. The third-order valence-electron chi connectivity index (χ3n) is 1.30. The molecule has 62 valence electrons. The van der Waals surface area contributed by atoms with Crippen LogP contribution in [0.15, 0.2) is 21.7 Å². The second-order valence-corrected chi connectivity index (χ2v) is 5.74. The standard InChI is InChI=1S/C5H8N2O2S2/c1-3-2-4(6)10(5(3)7)11(8)9/h2H,6-7H2,1H3. The molecule has 0 fully saturated rings. The maximum Gasteiger partial charge on any atom is 0.252 e. The molecule has 11 heavy (non-hydrogen) atoms. The van der Waals surface area contributed by atoms with Gasteiger partial charge in [-0.3, -0.25) is 0 Å². The molecular weight excluding hydrogens is 184 g/mol. The van der Waals surface area contributed by atoms with Crippen LogP contribution in [-0.2, 0) is 18.7 Å². The fourth-order valence-corrected chi connectivity index (χ4v) is 3.41. The number of allylic oxidation sites excluding steroid dienone is 2. The second-order valence-electron chi connectivity index (χ2n) is 2.07. The summed E-state index contributed by atoms with van der Waals surface area (Å²) >= 11 is 0. The van der Waals surface area contributed by atoms with E-state index < -0.39 is 18.7 Å². The Morgan fingerprint density at radius 3 is 2.18 bits per heavy atom. The van der Waals surface area contributed by atoms with E-state index in [2.05, 4.69) is 0 Å². The summed E-state index contributed by atoms with van der Waals surface area (Å²) in [7, 11) is -3.31. The van der Waals surface area contributed by atoms with Gasteiger partial charge in [0.15, 0.2) is 0 Å². The molecule has 1 aliphatic heterocycles. The topological polar surface area (TPSA) is 86.2 Å². The molecule has 0 spiro atoms. The summed E-state index contributed by atoms with van der Waals surface area (Å²) < 4.78 is 21.1. The van der Waals surface area contributed by atoms with Gasteiger partial charge in [0.05, 0.1) is 10.1 Å². The molecule has 1 unspecified atom stereocenters. The summed E-state index contributed by atoms with van der Waals surface area (Å²) in [5.74, 6) is 0. The van der Waals surface area contributed by atoms with Gasteiger partial charge in [0.2, 0.25) is 0 Å². The van der Waals surface area contributed by atoms with Gasteiger partial charge in [-0.25, -0.2) is 0 Å². The lowest BCUT2D eigenvalue weighted by Crippen LogP contribution is -2.09. The van der Waals surface area contributed by atoms with Gasteiger partial charge in [0.25, 0.3) is 9.26 Å². The Labute approximate surface area is 67.7 Å².